The maximum absolute atomic E-state index is 11.0. The molecule has 0 fully saturated rings. The van der Waals surface area contributed by atoms with Crippen molar-refractivity contribution in [2.75, 3.05) is 11.9 Å². The van der Waals surface area contributed by atoms with Crippen molar-refractivity contribution in [2.24, 2.45) is 0 Å². The van der Waals surface area contributed by atoms with Crippen LogP contribution in [0.3, 0.4) is 0 Å². The Morgan fingerprint density at radius 2 is 1.84 bits per heavy atom. The maximum Gasteiger partial charge on any atom is 0.302 e. The molecule has 0 saturated heterocycles. The average molecular weight is 449 g/mol. The highest BCUT2D eigenvalue weighted by Crippen LogP contribution is 2.27. The zero-order valence-electron chi connectivity index (χ0n) is 14.9. The molecule has 0 amide bonds. The molecule has 0 aliphatic carbocycles. The van der Waals surface area contributed by atoms with Gasteiger partial charge in [-0.05, 0) is 66.1 Å². The molecule has 132 valence electrons. The fourth-order valence-corrected chi connectivity index (χ4v) is 2.98. The van der Waals surface area contributed by atoms with Crippen LogP contribution in [0.4, 0.5) is 5.69 Å². The number of esters is 1. The van der Waals surface area contributed by atoms with Crippen LogP contribution in [-0.2, 0) is 9.53 Å². The Labute approximate surface area is 163 Å². The number of halogens is 1. The molecule has 1 atom stereocenters. The van der Waals surface area contributed by atoms with Crippen LogP contribution in [0.1, 0.15) is 37.4 Å². The highest BCUT2D eigenvalue weighted by Gasteiger charge is 2.12. The smallest absolute Gasteiger partial charge is 0.302 e. The fourth-order valence-electron chi connectivity index (χ4n) is 2.44. The third-order valence-corrected chi connectivity index (χ3v) is 4.83. The molecule has 25 heavy (non-hydrogen) atoms. The summed E-state index contributed by atoms with van der Waals surface area (Å²) in [6.45, 7) is 5.86. The summed E-state index contributed by atoms with van der Waals surface area (Å²) in [6, 6.07) is 17.0. The van der Waals surface area contributed by atoms with Crippen LogP contribution in [0.15, 0.2) is 60.2 Å². The first kappa shape index (κ1) is 19.5. The molecule has 0 aromatic heterocycles. The molecule has 2 aromatic rings. The monoisotopic (exact) mass is 449 g/mol. The minimum absolute atomic E-state index is 0.156. The quantitative estimate of drug-likeness (QED) is 0.337. The van der Waals surface area contributed by atoms with E-state index in [-0.39, 0.29) is 12.0 Å². The molecule has 1 unspecified atom stereocenters. The number of aryl methyl sites for hydroxylation is 1. The SMILES string of the molecule is CC(=O)OC/C(C)=C/CC(Nc1ccccc1I)c1ccc(C)cc1. The Morgan fingerprint density at radius 1 is 1.16 bits per heavy atom. The topological polar surface area (TPSA) is 38.3 Å². The van der Waals surface area contributed by atoms with E-state index in [1.54, 1.807) is 0 Å². The predicted molar refractivity (Wildman–Crippen MR) is 112 cm³/mol. The fraction of sp³-hybridized carbons (Fsp3) is 0.286. The second kappa shape index (κ2) is 9.61. The van der Waals surface area contributed by atoms with E-state index in [0.717, 1.165) is 17.7 Å². The minimum atomic E-state index is -0.250. The van der Waals surface area contributed by atoms with Gasteiger partial charge in [-0.2, -0.15) is 0 Å². The first-order chi connectivity index (χ1) is 12.0. The number of carbonyl (C=O) groups excluding carboxylic acids is 1. The van der Waals surface area contributed by atoms with Crippen molar-refractivity contribution in [3.63, 3.8) is 0 Å². The number of benzene rings is 2. The Bertz CT molecular complexity index is 738. The van der Waals surface area contributed by atoms with Gasteiger partial charge in [-0.25, -0.2) is 0 Å². The van der Waals surface area contributed by atoms with E-state index in [1.807, 2.05) is 19.1 Å². The summed E-state index contributed by atoms with van der Waals surface area (Å²) in [7, 11) is 0. The molecule has 2 rings (SSSR count). The summed E-state index contributed by atoms with van der Waals surface area (Å²) in [5, 5.41) is 3.64. The van der Waals surface area contributed by atoms with E-state index in [0.29, 0.717) is 6.61 Å². The molecule has 0 aliphatic heterocycles. The first-order valence-electron chi connectivity index (χ1n) is 8.32. The van der Waals surface area contributed by atoms with Crippen LogP contribution in [0, 0.1) is 10.5 Å². The van der Waals surface area contributed by atoms with Crippen molar-refractivity contribution in [2.45, 2.75) is 33.2 Å². The molecule has 1 N–H and O–H groups in total. The summed E-state index contributed by atoms with van der Waals surface area (Å²) < 4.78 is 6.26. The van der Waals surface area contributed by atoms with Gasteiger partial charge >= 0.3 is 5.97 Å². The number of anilines is 1. The molecular weight excluding hydrogens is 425 g/mol. The predicted octanol–water partition coefficient (Wildman–Crippen LogP) is 5.65. The Hall–Kier alpha value is -1.82. The van der Waals surface area contributed by atoms with E-state index >= 15 is 0 Å². The number of ether oxygens (including phenoxy) is 1. The van der Waals surface area contributed by atoms with E-state index in [1.165, 1.54) is 21.6 Å². The highest BCUT2D eigenvalue weighted by atomic mass is 127. The second-order valence-corrected chi connectivity index (χ2v) is 7.32. The van der Waals surface area contributed by atoms with Crippen molar-refractivity contribution in [1.82, 2.24) is 0 Å². The van der Waals surface area contributed by atoms with Crippen molar-refractivity contribution in [3.8, 4) is 0 Å². The summed E-state index contributed by atoms with van der Waals surface area (Å²) >= 11 is 2.35. The Balaban J connectivity index is 2.17. The van der Waals surface area contributed by atoms with Crippen molar-refractivity contribution >= 4 is 34.2 Å². The van der Waals surface area contributed by atoms with E-state index < -0.39 is 0 Å². The molecule has 0 bridgehead atoms. The van der Waals surface area contributed by atoms with Gasteiger partial charge in [0.1, 0.15) is 6.61 Å². The van der Waals surface area contributed by atoms with Gasteiger partial charge in [0.05, 0.1) is 6.04 Å². The Kier molecular flexibility index (Phi) is 7.50. The minimum Gasteiger partial charge on any atom is -0.461 e. The number of hydrogen-bond acceptors (Lipinski definition) is 3. The summed E-state index contributed by atoms with van der Waals surface area (Å²) in [4.78, 5) is 11.0. The van der Waals surface area contributed by atoms with Crippen LogP contribution >= 0.6 is 22.6 Å². The molecule has 0 aliphatic rings. The van der Waals surface area contributed by atoms with Crippen LogP contribution in [0.2, 0.25) is 0 Å². The Morgan fingerprint density at radius 3 is 2.48 bits per heavy atom. The number of nitrogens with one attached hydrogen (secondary N) is 1. The number of carbonyl (C=O) groups is 1. The van der Waals surface area contributed by atoms with Gasteiger partial charge in [0, 0.05) is 16.2 Å². The lowest BCUT2D eigenvalue weighted by Crippen LogP contribution is -2.11. The molecule has 3 nitrogen and oxygen atoms in total. The van der Waals surface area contributed by atoms with E-state index in [9.17, 15) is 4.79 Å². The highest BCUT2D eigenvalue weighted by molar-refractivity contribution is 14.1. The lowest BCUT2D eigenvalue weighted by Gasteiger charge is -2.21. The van der Waals surface area contributed by atoms with Gasteiger partial charge in [0.2, 0.25) is 0 Å². The molecule has 0 spiro atoms. The standard InChI is InChI=1S/C21H24INO2/c1-15-8-11-18(12-9-15)20(13-10-16(2)14-25-17(3)24)23-21-7-5-4-6-19(21)22/h4-12,20,23H,13-14H2,1-3H3/b16-10+. The number of rotatable bonds is 7. The first-order valence-corrected chi connectivity index (χ1v) is 9.40. The zero-order chi connectivity index (χ0) is 18.2. The molecule has 0 saturated carbocycles. The van der Waals surface area contributed by atoms with Crippen molar-refractivity contribution in [1.29, 1.82) is 0 Å². The molecule has 0 heterocycles. The van der Waals surface area contributed by atoms with Crippen LogP contribution in [-0.4, -0.2) is 12.6 Å². The van der Waals surface area contributed by atoms with Gasteiger partial charge in [0.25, 0.3) is 0 Å². The van der Waals surface area contributed by atoms with Gasteiger partial charge in [-0.15, -0.1) is 0 Å². The van der Waals surface area contributed by atoms with E-state index in [4.69, 9.17) is 4.74 Å². The summed E-state index contributed by atoms with van der Waals surface area (Å²) in [5.41, 5.74) is 4.66. The number of hydrogen-bond donors (Lipinski definition) is 1. The third kappa shape index (κ3) is 6.53. The van der Waals surface area contributed by atoms with Crippen LogP contribution in [0.5, 0.6) is 0 Å². The largest absolute Gasteiger partial charge is 0.461 e. The van der Waals surface area contributed by atoms with Gasteiger partial charge in [-0.1, -0.05) is 48.0 Å². The average Bonchev–Trinajstić information content (AvgIpc) is 2.59. The molecule has 2 aromatic carbocycles. The molecule has 4 heteroatoms. The summed E-state index contributed by atoms with van der Waals surface area (Å²) in [6.07, 6.45) is 2.96. The maximum atomic E-state index is 11.0. The van der Waals surface area contributed by atoms with Crippen molar-refractivity contribution in [3.05, 3.63) is 74.9 Å². The zero-order valence-corrected chi connectivity index (χ0v) is 17.0. The third-order valence-electron chi connectivity index (χ3n) is 3.89. The molecule has 0 radical (unpaired) electrons. The molecular formula is C21H24INO2. The normalized spacial score (nSPS) is 12.6. The number of para-hydroxylation sites is 1. The van der Waals surface area contributed by atoms with Gasteiger partial charge < -0.3 is 10.1 Å². The van der Waals surface area contributed by atoms with Gasteiger partial charge in [0.15, 0.2) is 0 Å². The lowest BCUT2D eigenvalue weighted by atomic mass is 10.0. The van der Waals surface area contributed by atoms with Crippen LogP contribution in [0.25, 0.3) is 0 Å². The lowest BCUT2D eigenvalue weighted by molar-refractivity contribution is -0.139. The van der Waals surface area contributed by atoms with Gasteiger partial charge in [-0.3, -0.25) is 4.79 Å². The van der Waals surface area contributed by atoms with Crippen LogP contribution < -0.4 is 5.32 Å². The second-order valence-electron chi connectivity index (χ2n) is 6.15. The van der Waals surface area contributed by atoms with Crippen molar-refractivity contribution < 1.29 is 9.53 Å². The summed E-state index contributed by atoms with van der Waals surface area (Å²) in [5.74, 6) is -0.250. The van der Waals surface area contributed by atoms with E-state index in [2.05, 4.69) is 77.3 Å².